The van der Waals surface area contributed by atoms with Gasteiger partial charge in [-0.2, -0.15) is 0 Å². The van der Waals surface area contributed by atoms with Gasteiger partial charge in [0.05, 0.1) is 6.54 Å². The Kier molecular flexibility index (Phi) is 1.87. The van der Waals surface area contributed by atoms with Gasteiger partial charge in [-0.1, -0.05) is 0 Å². The Hall–Kier alpha value is -1.65. The molecule has 1 aromatic heterocycles. The van der Waals surface area contributed by atoms with Gasteiger partial charge in [-0.05, 0) is 0 Å². The molecule has 0 spiro atoms. The third kappa shape index (κ3) is 1.13. The van der Waals surface area contributed by atoms with Crippen molar-refractivity contribution >= 4 is 11.7 Å². The quantitative estimate of drug-likeness (QED) is 0.712. The molecule has 5 heteroatoms. The van der Waals surface area contributed by atoms with E-state index in [0.717, 1.165) is 6.54 Å². The maximum absolute atomic E-state index is 11.0. The third-order valence-electron chi connectivity index (χ3n) is 2.39. The molecule has 2 heterocycles. The number of likely N-dealkylation sites (N-methyl/N-ethyl adjacent to an activating group) is 1. The molecule has 0 aromatic carbocycles. The predicted molar refractivity (Wildman–Crippen MR) is 51.1 cm³/mol. The van der Waals surface area contributed by atoms with Crippen molar-refractivity contribution in [1.82, 2.24) is 4.57 Å². The second kappa shape index (κ2) is 2.94. The summed E-state index contributed by atoms with van der Waals surface area (Å²) in [7, 11) is 3.58. The number of aryl methyl sites for hydroxylation is 1. The van der Waals surface area contributed by atoms with Gasteiger partial charge in [0.1, 0.15) is 12.3 Å². The maximum atomic E-state index is 11.0. The van der Waals surface area contributed by atoms with Crippen molar-refractivity contribution in [3.05, 3.63) is 11.9 Å². The molecule has 0 radical (unpaired) electrons. The topological polar surface area (TPSA) is 54.7 Å². The molecule has 0 fully saturated rings. The lowest BCUT2D eigenvalue weighted by atomic mass is 10.3. The van der Waals surface area contributed by atoms with Crippen molar-refractivity contribution in [2.24, 2.45) is 7.05 Å². The summed E-state index contributed by atoms with van der Waals surface area (Å²) >= 11 is 0. The van der Waals surface area contributed by atoms with Gasteiger partial charge < -0.3 is 19.3 Å². The Bertz CT molecular complexity index is 384. The molecule has 5 nitrogen and oxygen atoms in total. The van der Waals surface area contributed by atoms with Crippen molar-refractivity contribution < 1.29 is 14.6 Å². The second-order valence-corrected chi connectivity index (χ2v) is 3.38. The standard InChI is InChI=1S/C9H12N2O3/c1-10-3-4-14-6-5-11(2)8(7(6)10)9(12)13/h5H,3-4H2,1-2H3,(H,12,13). The molecule has 2 rings (SSSR count). The Balaban J connectivity index is 2.59. The average molecular weight is 196 g/mol. The van der Waals surface area contributed by atoms with Crippen LogP contribution in [-0.2, 0) is 7.05 Å². The van der Waals surface area contributed by atoms with Crippen LogP contribution >= 0.6 is 0 Å². The molecule has 0 saturated heterocycles. The summed E-state index contributed by atoms with van der Waals surface area (Å²) in [6.07, 6.45) is 1.70. The highest BCUT2D eigenvalue weighted by molar-refractivity contribution is 5.95. The molecule has 1 aliphatic heterocycles. The molecule has 1 N–H and O–H groups in total. The highest BCUT2D eigenvalue weighted by Gasteiger charge is 2.26. The van der Waals surface area contributed by atoms with Crippen LogP contribution in [0.3, 0.4) is 0 Å². The number of ether oxygens (including phenoxy) is 1. The van der Waals surface area contributed by atoms with Gasteiger partial charge in [-0.15, -0.1) is 0 Å². The molecule has 14 heavy (non-hydrogen) atoms. The Morgan fingerprint density at radius 1 is 1.57 bits per heavy atom. The minimum atomic E-state index is -0.925. The van der Waals surface area contributed by atoms with Crippen LogP contribution in [0.15, 0.2) is 6.20 Å². The highest BCUT2D eigenvalue weighted by Crippen LogP contribution is 2.35. The van der Waals surface area contributed by atoms with Crippen LogP contribution in [0.4, 0.5) is 5.69 Å². The van der Waals surface area contributed by atoms with Crippen LogP contribution in [0, 0.1) is 0 Å². The van der Waals surface area contributed by atoms with Crippen LogP contribution in [0.2, 0.25) is 0 Å². The van der Waals surface area contributed by atoms with Crippen molar-refractivity contribution in [2.45, 2.75) is 0 Å². The highest BCUT2D eigenvalue weighted by atomic mass is 16.5. The van der Waals surface area contributed by atoms with Gasteiger partial charge in [0.15, 0.2) is 11.4 Å². The van der Waals surface area contributed by atoms with Crippen molar-refractivity contribution in [3.63, 3.8) is 0 Å². The monoisotopic (exact) mass is 196 g/mol. The van der Waals surface area contributed by atoms with Crippen molar-refractivity contribution in [2.75, 3.05) is 25.1 Å². The van der Waals surface area contributed by atoms with E-state index in [1.54, 1.807) is 17.8 Å². The summed E-state index contributed by atoms with van der Waals surface area (Å²) in [5, 5.41) is 9.03. The zero-order valence-electron chi connectivity index (χ0n) is 8.15. The fourth-order valence-corrected chi connectivity index (χ4v) is 1.72. The van der Waals surface area contributed by atoms with E-state index in [-0.39, 0.29) is 5.69 Å². The average Bonchev–Trinajstić information content (AvgIpc) is 2.42. The normalized spacial score (nSPS) is 14.9. The fourth-order valence-electron chi connectivity index (χ4n) is 1.72. The van der Waals surface area contributed by atoms with Crippen LogP contribution in [-0.4, -0.2) is 35.8 Å². The molecule has 76 valence electrons. The summed E-state index contributed by atoms with van der Waals surface area (Å²) in [5.74, 6) is -0.273. The smallest absolute Gasteiger partial charge is 0.354 e. The van der Waals surface area contributed by atoms with E-state index < -0.39 is 5.97 Å². The summed E-state index contributed by atoms with van der Waals surface area (Å²) in [5.41, 5.74) is 0.952. The minimum Gasteiger partial charge on any atom is -0.488 e. The Morgan fingerprint density at radius 3 is 2.93 bits per heavy atom. The SMILES string of the molecule is CN1CCOc2cn(C)c(C(=O)O)c21. The van der Waals surface area contributed by atoms with Crippen LogP contribution < -0.4 is 9.64 Å². The molecule has 0 amide bonds. The zero-order chi connectivity index (χ0) is 10.3. The van der Waals surface area contributed by atoms with E-state index >= 15 is 0 Å². The van der Waals surface area contributed by atoms with Gasteiger partial charge in [0.25, 0.3) is 0 Å². The van der Waals surface area contributed by atoms with Crippen molar-refractivity contribution in [1.29, 1.82) is 0 Å². The second-order valence-electron chi connectivity index (χ2n) is 3.38. The van der Waals surface area contributed by atoms with Crippen LogP contribution in [0.1, 0.15) is 10.5 Å². The predicted octanol–water partition coefficient (Wildman–Crippen LogP) is 0.552. The van der Waals surface area contributed by atoms with Gasteiger partial charge in [0.2, 0.25) is 0 Å². The first-order valence-electron chi connectivity index (χ1n) is 4.38. The van der Waals surface area contributed by atoms with E-state index in [2.05, 4.69) is 0 Å². The fraction of sp³-hybridized carbons (Fsp3) is 0.444. The molecule has 0 unspecified atom stereocenters. The number of nitrogens with zero attached hydrogens (tertiary/aromatic N) is 2. The lowest BCUT2D eigenvalue weighted by Gasteiger charge is -2.25. The molecular formula is C9H12N2O3. The first-order valence-corrected chi connectivity index (χ1v) is 4.38. The number of hydrogen-bond donors (Lipinski definition) is 1. The van der Waals surface area contributed by atoms with Gasteiger partial charge in [-0.3, -0.25) is 0 Å². The Morgan fingerprint density at radius 2 is 2.29 bits per heavy atom. The third-order valence-corrected chi connectivity index (χ3v) is 2.39. The number of carbonyl (C=O) groups is 1. The number of hydrogen-bond acceptors (Lipinski definition) is 3. The number of aromatic carboxylic acids is 1. The summed E-state index contributed by atoms with van der Waals surface area (Å²) in [4.78, 5) is 12.9. The summed E-state index contributed by atoms with van der Waals surface area (Å²) in [6.45, 7) is 1.32. The van der Waals surface area contributed by atoms with Crippen LogP contribution in [0.5, 0.6) is 5.75 Å². The zero-order valence-corrected chi connectivity index (χ0v) is 8.15. The van der Waals surface area contributed by atoms with E-state index in [0.29, 0.717) is 18.0 Å². The van der Waals surface area contributed by atoms with Crippen LogP contribution in [0.25, 0.3) is 0 Å². The lowest BCUT2D eigenvalue weighted by molar-refractivity contribution is 0.0687. The van der Waals surface area contributed by atoms with E-state index in [9.17, 15) is 4.79 Å². The number of rotatable bonds is 1. The number of aromatic nitrogens is 1. The van der Waals surface area contributed by atoms with E-state index in [4.69, 9.17) is 9.84 Å². The Labute approximate surface area is 81.5 Å². The van der Waals surface area contributed by atoms with Gasteiger partial charge in [0, 0.05) is 20.3 Å². The number of fused-ring (bicyclic) bond motifs is 1. The van der Waals surface area contributed by atoms with Crippen molar-refractivity contribution in [3.8, 4) is 5.75 Å². The van der Waals surface area contributed by atoms with E-state index in [1.165, 1.54) is 0 Å². The minimum absolute atomic E-state index is 0.280. The maximum Gasteiger partial charge on any atom is 0.354 e. The summed E-state index contributed by atoms with van der Waals surface area (Å²) in [6, 6.07) is 0. The largest absolute Gasteiger partial charge is 0.488 e. The number of carboxylic acid groups (broad SMARTS) is 1. The molecular weight excluding hydrogens is 184 g/mol. The first-order chi connectivity index (χ1) is 6.61. The lowest BCUT2D eigenvalue weighted by Crippen LogP contribution is -2.29. The molecule has 0 bridgehead atoms. The van der Waals surface area contributed by atoms with E-state index in [1.807, 2.05) is 11.9 Å². The first kappa shape index (κ1) is 8.93. The number of carboxylic acids is 1. The molecule has 0 atom stereocenters. The molecule has 1 aromatic rings. The number of anilines is 1. The molecule has 0 aliphatic carbocycles. The molecule has 0 saturated carbocycles. The molecule has 1 aliphatic rings. The van der Waals surface area contributed by atoms with Gasteiger partial charge >= 0.3 is 5.97 Å². The van der Waals surface area contributed by atoms with Gasteiger partial charge in [-0.25, -0.2) is 4.79 Å². The summed E-state index contributed by atoms with van der Waals surface area (Å²) < 4.78 is 6.96.